The van der Waals surface area contributed by atoms with Crippen molar-refractivity contribution in [1.82, 2.24) is 5.32 Å². The van der Waals surface area contributed by atoms with E-state index in [1.54, 1.807) is 13.1 Å². The average Bonchev–Trinajstić information content (AvgIpc) is 2.60. The number of carbonyl (C=O) groups is 1. The van der Waals surface area contributed by atoms with Gasteiger partial charge in [-0.3, -0.25) is 4.79 Å². The first-order chi connectivity index (χ1) is 8.65. The summed E-state index contributed by atoms with van der Waals surface area (Å²) in [6, 6.07) is 1.66. The summed E-state index contributed by atoms with van der Waals surface area (Å²) < 4.78 is 11.2. The Morgan fingerprint density at radius 1 is 1.39 bits per heavy atom. The third kappa shape index (κ3) is 2.44. The Morgan fingerprint density at radius 2 is 2.06 bits per heavy atom. The van der Waals surface area contributed by atoms with Crippen molar-refractivity contribution in [3.05, 3.63) is 22.2 Å². The van der Waals surface area contributed by atoms with Crippen molar-refractivity contribution in [2.75, 3.05) is 26.8 Å². The maximum absolute atomic E-state index is 12.0. The fourth-order valence-electron chi connectivity index (χ4n) is 1.96. The summed E-state index contributed by atoms with van der Waals surface area (Å²) in [7, 11) is 1.73. The Morgan fingerprint density at radius 3 is 2.72 bits per heavy atom. The van der Waals surface area contributed by atoms with Crippen LogP contribution in [0, 0.1) is 6.92 Å². The second kappa shape index (κ2) is 5.59. The second-order valence-corrected chi connectivity index (χ2v) is 4.60. The van der Waals surface area contributed by atoms with E-state index in [-0.39, 0.29) is 12.3 Å². The molecule has 1 aromatic rings. The fourth-order valence-corrected chi connectivity index (χ4v) is 2.21. The lowest BCUT2D eigenvalue weighted by atomic mass is 10.0. The van der Waals surface area contributed by atoms with Gasteiger partial charge < -0.3 is 14.8 Å². The summed E-state index contributed by atoms with van der Waals surface area (Å²) >= 11 is 6.16. The van der Waals surface area contributed by atoms with Crippen LogP contribution in [0.3, 0.4) is 0 Å². The number of carbonyl (C=O) groups excluding carboxylic acids is 1. The molecule has 18 heavy (non-hydrogen) atoms. The first-order valence-electron chi connectivity index (χ1n) is 5.91. The maximum atomic E-state index is 12.0. The lowest BCUT2D eigenvalue weighted by Gasteiger charge is -2.15. The fraction of sp³-hybridized carbons (Fsp3) is 0.462. The maximum Gasteiger partial charge on any atom is 0.180 e. The molecule has 0 bridgehead atoms. The quantitative estimate of drug-likeness (QED) is 0.855. The van der Waals surface area contributed by atoms with E-state index in [9.17, 15) is 4.79 Å². The predicted octanol–water partition coefficient (Wildman–Crippen LogP) is 2.21. The van der Waals surface area contributed by atoms with E-state index in [1.807, 2.05) is 6.92 Å². The second-order valence-electron chi connectivity index (χ2n) is 4.19. The summed E-state index contributed by atoms with van der Waals surface area (Å²) in [5, 5.41) is 3.27. The highest BCUT2D eigenvalue weighted by molar-refractivity contribution is 6.32. The highest BCUT2D eigenvalue weighted by Gasteiger charge is 2.22. The summed E-state index contributed by atoms with van der Waals surface area (Å²) in [5.74, 6) is 1.14. The smallest absolute Gasteiger partial charge is 0.180 e. The van der Waals surface area contributed by atoms with E-state index < -0.39 is 0 Å². The Kier molecular flexibility index (Phi) is 4.09. The zero-order chi connectivity index (χ0) is 13.1. The summed E-state index contributed by atoms with van der Waals surface area (Å²) in [5.41, 5.74) is 1.37. The van der Waals surface area contributed by atoms with Gasteiger partial charge in [-0.2, -0.15) is 0 Å². The Balaban J connectivity index is 2.48. The number of ether oxygens (including phenoxy) is 2. The number of hydrogen-bond donors (Lipinski definition) is 1. The summed E-state index contributed by atoms with van der Waals surface area (Å²) in [6.45, 7) is 3.29. The zero-order valence-electron chi connectivity index (χ0n) is 10.5. The SMILES string of the molecule is CNCC(=O)c1cc(Cl)c2c(c1C)OCCCO2. The molecule has 0 amide bonds. The number of fused-ring (bicyclic) bond motifs is 1. The highest BCUT2D eigenvalue weighted by Crippen LogP contribution is 2.41. The van der Waals surface area contributed by atoms with E-state index in [0.717, 1.165) is 12.0 Å². The van der Waals surface area contributed by atoms with E-state index in [0.29, 0.717) is 35.3 Å². The van der Waals surface area contributed by atoms with Crippen LogP contribution >= 0.6 is 11.6 Å². The minimum atomic E-state index is -0.00690. The Labute approximate surface area is 111 Å². The van der Waals surface area contributed by atoms with Gasteiger partial charge in [0, 0.05) is 17.5 Å². The largest absolute Gasteiger partial charge is 0.489 e. The summed E-state index contributed by atoms with van der Waals surface area (Å²) in [6.07, 6.45) is 0.810. The normalized spacial score (nSPS) is 14.2. The molecule has 5 heteroatoms. The number of rotatable bonds is 3. The van der Waals surface area contributed by atoms with Crippen molar-refractivity contribution in [2.45, 2.75) is 13.3 Å². The van der Waals surface area contributed by atoms with Gasteiger partial charge in [0.2, 0.25) is 0 Å². The molecule has 0 saturated carbocycles. The third-order valence-electron chi connectivity index (χ3n) is 2.86. The van der Waals surface area contributed by atoms with Crippen LogP contribution in [0.4, 0.5) is 0 Å². The standard InChI is InChI=1S/C13H16ClNO3/c1-8-9(11(16)7-15-2)6-10(14)13-12(8)17-4-3-5-18-13/h6,15H,3-5,7H2,1-2H3. The van der Waals surface area contributed by atoms with Gasteiger partial charge in [0.1, 0.15) is 0 Å². The van der Waals surface area contributed by atoms with Crippen molar-refractivity contribution in [3.8, 4) is 11.5 Å². The molecule has 0 atom stereocenters. The van der Waals surface area contributed by atoms with Gasteiger partial charge in [0.05, 0.1) is 24.8 Å². The molecule has 0 spiro atoms. The van der Waals surface area contributed by atoms with Gasteiger partial charge >= 0.3 is 0 Å². The van der Waals surface area contributed by atoms with Crippen molar-refractivity contribution >= 4 is 17.4 Å². The molecule has 98 valence electrons. The minimum Gasteiger partial charge on any atom is -0.489 e. The molecule has 0 radical (unpaired) electrons. The number of nitrogens with one attached hydrogen (secondary N) is 1. The topological polar surface area (TPSA) is 47.6 Å². The average molecular weight is 270 g/mol. The molecule has 1 heterocycles. The van der Waals surface area contributed by atoms with Gasteiger partial charge in [0.25, 0.3) is 0 Å². The Bertz CT molecular complexity index is 474. The predicted molar refractivity (Wildman–Crippen MR) is 70.1 cm³/mol. The molecule has 1 N–H and O–H groups in total. The van der Waals surface area contributed by atoms with Crippen molar-refractivity contribution in [2.24, 2.45) is 0 Å². The highest BCUT2D eigenvalue weighted by atomic mass is 35.5. The van der Waals surface area contributed by atoms with Gasteiger partial charge in [-0.05, 0) is 20.0 Å². The third-order valence-corrected chi connectivity index (χ3v) is 3.14. The molecule has 1 aromatic carbocycles. The molecular weight excluding hydrogens is 254 g/mol. The van der Waals surface area contributed by atoms with Crippen LogP contribution in [0.2, 0.25) is 5.02 Å². The minimum absolute atomic E-state index is 0.00690. The molecule has 2 rings (SSSR count). The molecule has 1 aliphatic rings. The van der Waals surface area contributed by atoms with Crippen LogP contribution in [0.5, 0.6) is 11.5 Å². The van der Waals surface area contributed by atoms with Gasteiger partial charge in [-0.1, -0.05) is 11.6 Å². The van der Waals surface area contributed by atoms with E-state index >= 15 is 0 Å². The van der Waals surface area contributed by atoms with Crippen LogP contribution < -0.4 is 14.8 Å². The van der Waals surface area contributed by atoms with Crippen molar-refractivity contribution in [1.29, 1.82) is 0 Å². The number of Topliss-reactive ketones (excluding diaryl/α,β-unsaturated/α-hetero) is 1. The zero-order valence-corrected chi connectivity index (χ0v) is 11.3. The molecule has 0 aliphatic carbocycles. The number of ketones is 1. The van der Waals surface area contributed by atoms with Gasteiger partial charge in [0.15, 0.2) is 17.3 Å². The first-order valence-corrected chi connectivity index (χ1v) is 6.29. The molecule has 1 aliphatic heterocycles. The Hall–Kier alpha value is -1.26. The molecule has 0 saturated heterocycles. The monoisotopic (exact) mass is 269 g/mol. The van der Waals surface area contributed by atoms with Crippen molar-refractivity contribution in [3.63, 3.8) is 0 Å². The van der Waals surface area contributed by atoms with Crippen LogP contribution in [-0.2, 0) is 0 Å². The van der Waals surface area contributed by atoms with Crippen molar-refractivity contribution < 1.29 is 14.3 Å². The molecule has 0 fully saturated rings. The summed E-state index contributed by atoms with van der Waals surface area (Å²) in [4.78, 5) is 12.0. The van der Waals surface area contributed by atoms with Crippen LogP contribution in [-0.4, -0.2) is 32.6 Å². The van der Waals surface area contributed by atoms with E-state index in [1.165, 1.54) is 0 Å². The molecule has 0 unspecified atom stereocenters. The number of benzene rings is 1. The van der Waals surface area contributed by atoms with E-state index in [2.05, 4.69) is 5.32 Å². The number of halogens is 1. The molecular formula is C13H16ClNO3. The molecule has 4 nitrogen and oxygen atoms in total. The van der Waals surface area contributed by atoms with Crippen LogP contribution in [0.1, 0.15) is 22.3 Å². The van der Waals surface area contributed by atoms with Crippen LogP contribution in [0.25, 0.3) is 0 Å². The van der Waals surface area contributed by atoms with Crippen LogP contribution in [0.15, 0.2) is 6.07 Å². The molecule has 0 aromatic heterocycles. The van der Waals surface area contributed by atoms with Gasteiger partial charge in [-0.15, -0.1) is 0 Å². The first kappa shape index (κ1) is 13.2. The van der Waals surface area contributed by atoms with E-state index in [4.69, 9.17) is 21.1 Å². The van der Waals surface area contributed by atoms with Gasteiger partial charge in [-0.25, -0.2) is 0 Å². The number of hydrogen-bond acceptors (Lipinski definition) is 4. The number of likely N-dealkylation sites (N-methyl/N-ethyl adjacent to an activating group) is 1. The lowest BCUT2D eigenvalue weighted by Crippen LogP contribution is -2.19. The lowest BCUT2D eigenvalue weighted by molar-refractivity contribution is 0.0992.